The maximum Gasteiger partial charge on any atom is 0.00954 e. The third-order valence-electron chi connectivity index (χ3n) is 5.33. The maximum absolute atomic E-state index is 3.54. The summed E-state index contributed by atoms with van der Waals surface area (Å²) >= 11 is 0. The van der Waals surface area contributed by atoms with Crippen LogP contribution in [-0.4, -0.2) is 37.1 Å². The average Bonchev–Trinajstić information content (AvgIpc) is 2.89. The Morgan fingerprint density at radius 1 is 1.00 bits per heavy atom. The van der Waals surface area contributed by atoms with Crippen LogP contribution in [0.1, 0.15) is 39.0 Å². The smallest absolute Gasteiger partial charge is 0.00954 e. The van der Waals surface area contributed by atoms with Crippen LogP contribution < -0.4 is 5.32 Å². The van der Waals surface area contributed by atoms with Gasteiger partial charge in [0.05, 0.1) is 0 Å². The summed E-state index contributed by atoms with van der Waals surface area (Å²) in [5, 5.41) is 3.54. The number of fused-ring (bicyclic) bond motifs is 1. The second kappa shape index (κ2) is 4.66. The summed E-state index contributed by atoms with van der Waals surface area (Å²) in [6, 6.07) is 0.853. The van der Waals surface area contributed by atoms with Crippen LogP contribution in [0.2, 0.25) is 0 Å². The van der Waals surface area contributed by atoms with Crippen molar-refractivity contribution in [1.82, 2.24) is 10.2 Å². The standard InChI is InChI=1S/C14H26N2/c1-11(12-5-3-2-4-6-12)16-9-13-7-15-8-14(13)10-16/h11-15H,2-10H2,1H3/t11?,13-,14+. The summed E-state index contributed by atoms with van der Waals surface area (Å²) in [5.74, 6) is 2.93. The largest absolute Gasteiger partial charge is 0.316 e. The van der Waals surface area contributed by atoms with Gasteiger partial charge < -0.3 is 5.32 Å². The fraction of sp³-hybridized carbons (Fsp3) is 1.00. The van der Waals surface area contributed by atoms with E-state index in [1.165, 1.54) is 58.3 Å². The number of hydrogen-bond acceptors (Lipinski definition) is 2. The molecule has 1 N–H and O–H groups in total. The first-order chi connectivity index (χ1) is 7.84. The molecule has 1 aliphatic carbocycles. The minimum atomic E-state index is 0.853. The van der Waals surface area contributed by atoms with Crippen LogP contribution in [0.25, 0.3) is 0 Å². The first-order valence-electron chi connectivity index (χ1n) is 7.29. The molecule has 0 aromatic carbocycles. The van der Waals surface area contributed by atoms with Gasteiger partial charge in [0, 0.05) is 19.1 Å². The van der Waals surface area contributed by atoms with Crippen LogP contribution in [0.3, 0.4) is 0 Å². The highest BCUT2D eigenvalue weighted by atomic mass is 15.2. The van der Waals surface area contributed by atoms with E-state index >= 15 is 0 Å². The number of likely N-dealkylation sites (tertiary alicyclic amines) is 1. The first kappa shape index (κ1) is 11.0. The maximum atomic E-state index is 3.54. The molecule has 3 atom stereocenters. The lowest BCUT2D eigenvalue weighted by atomic mass is 9.84. The summed E-state index contributed by atoms with van der Waals surface area (Å²) in [7, 11) is 0. The van der Waals surface area contributed by atoms with Gasteiger partial charge in [-0.1, -0.05) is 19.3 Å². The van der Waals surface area contributed by atoms with E-state index in [1.807, 2.05) is 0 Å². The molecule has 2 aliphatic heterocycles. The van der Waals surface area contributed by atoms with Crippen molar-refractivity contribution in [3.63, 3.8) is 0 Å². The third-order valence-corrected chi connectivity index (χ3v) is 5.33. The molecule has 2 saturated heterocycles. The lowest BCUT2D eigenvalue weighted by Crippen LogP contribution is -2.39. The summed E-state index contributed by atoms with van der Waals surface area (Å²) in [5.41, 5.74) is 0. The quantitative estimate of drug-likeness (QED) is 0.770. The van der Waals surface area contributed by atoms with E-state index in [2.05, 4.69) is 17.1 Å². The van der Waals surface area contributed by atoms with E-state index in [9.17, 15) is 0 Å². The van der Waals surface area contributed by atoms with Crippen molar-refractivity contribution in [1.29, 1.82) is 0 Å². The molecule has 2 heterocycles. The predicted molar refractivity (Wildman–Crippen MR) is 67.5 cm³/mol. The molecule has 92 valence electrons. The van der Waals surface area contributed by atoms with Crippen molar-refractivity contribution in [2.24, 2.45) is 17.8 Å². The lowest BCUT2D eigenvalue weighted by molar-refractivity contribution is 0.148. The SMILES string of the molecule is CC(C1CCCCC1)N1C[C@H]2CNC[C@H]2C1. The minimum Gasteiger partial charge on any atom is -0.316 e. The Kier molecular flexibility index (Phi) is 3.21. The van der Waals surface area contributed by atoms with Crippen LogP contribution in [-0.2, 0) is 0 Å². The highest BCUT2D eigenvalue weighted by molar-refractivity contribution is 4.94. The van der Waals surface area contributed by atoms with Gasteiger partial charge in [0.25, 0.3) is 0 Å². The molecular weight excluding hydrogens is 196 g/mol. The topological polar surface area (TPSA) is 15.3 Å². The van der Waals surface area contributed by atoms with E-state index in [0.29, 0.717) is 0 Å². The van der Waals surface area contributed by atoms with Gasteiger partial charge in [-0.25, -0.2) is 0 Å². The number of rotatable bonds is 2. The first-order valence-corrected chi connectivity index (χ1v) is 7.29. The molecule has 0 bridgehead atoms. The minimum absolute atomic E-state index is 0.853. The van der Waals surface area contributed by atoms with E-state index < -0.39 is 0 Å². The van der Waals surface area contributed by atoms with E-state index in [1.54, 1.807) is 0 Å². The molecule has 0 amide bonds. The van der Waals surface area contributed by atoms with Gasteiger partial charge in [-0.3, -0.25) is 4.90 Å². The van der Waals surface area contributed by atoms with Crippen LogP contribution in [0.4, 0.5) is 0 Å². The Morgan fingerprint density at radius 3 is 2.25 bits per heavy atom. The summed E-state index contributed by atoms with van der Waals surface area (Å²) in [6.07, 6.45) is 7.43. The fourth-order valence-corrected chi connectivity index (χ4v) is 4.14. The number of nitrogens with zero attached hydrogens (tertiary/aromatic N) is 1. The normalized spacial score (nSPS) is 38.8. The van der Waals surface area contributed by atoms with Gasteiger partial charge in [-0.2, -0.15) is 0 Å². The van der Waals surface area contributed by atoms with Crippen molar-refractivity contribution >= 4 is 0 Å². The second-order valence-corrected chi connectivity index (χ2v) is 6.27. The number of nitrogens with one attached hydrogen (secondary N) is 1. The molecule has 3 aliphatic rings. The molecule has 0 aromatic rings. The predicted octanol–water partition coefficient (Wildman–Crippen LogP) is 2.11. The average molecular weight is 222 g/mol. The zero-order valence-electron chi connectivity index (χ0n) is 10.6. The number of hydrogen-bond donors (Lipinski definition) is 1. The molecular formula is C14H26N2. The summed E-state index contributed by atoms with van der Waals surface area (Å²) < 4.78 is 0. The zero-order chi connectivity index (χ0) is 11.0. The van der Waals surface area contributed by atoms with Crippen molar-refractivity contribution in [2.45, 2.75) is 45.1 Å². The fourth-order valence-electron chi connectivity index (χ4n) is 4.14. The van der Waals surface area contributed by atoms with Crippen molar-refractivity contribution < 1.29 is 0 Å². The van der Waals surface area contributed by atoms with Crippen molar-refractivity contribution in [2.75, 3.05) is 26.2 Å². The Balaban J connectivity index is 1.56. The van der Waals surface area contributed by atoms with Gasteiger partial charge in [-0.15, -0.1) is 0 Å². The van der Waals surface area contributed by atoms with Gasteiger partial charge in [0.2, 0.25) is 0 Å². The van der Waals surface area contributed by atoms with Crippen LogP contribution in [0.15, 0.2) is 0 Å². The van der Waals surface area contributed by atoms with Gasteiger partial charge in [0.1, 0.15) is 0 Å². The van der Waals surface area contributed by atoms with Crippen molar-refractivity contribution in [3.05, 3.63) is 0 Å². The highest BCUT2D eigenvalue weighted by Crippen LogP contribution is 2.34. The Labute approximate surface area is 99.8 Å². The molecule has 0 radical (unpaired) electrons. The molecule has 1 saturated carbocycles. The lowest BCUT2D eigenvalue weighted by Gasteiger charge is -2.34. The van der Waals surface area contributed by atoms with Crippen LogP contribution in [0, 0.1) is 17.8 Å². The molecule has 1 unspecified atom stereocenters. The second-order valence-electron chi connectivity index (χ2n) is 6.27. The molecule has 0 aromatic heterocycles. The highest BCUT2D eigenvalue weighted by Gasteiger charge is 2.39. The molecule has 3 fully saturated rings. The van der Waals surface area contributed by atoms with E-state index in [-0.39, 0.29) is 0 Å². The third kappa shape index (κ3) is 2.02. The Bertz CT molecular complexity index is 223. The molecule has 16 heavy (non-hydrogen) atoms. The molecule has 2 nitrogen and oxygen atoms in total. The molecule has 3 rings (SSSR count). The van der Waals surface area contributed by atoms with Gasteiger partial charge >= 0.3 is 0 Å². The Hall–Kier alpha value is -0.0800. The monoisotopic (exact) mass is 222 g/mol. The van der Waals surface area contributed by atoms with Crippen LogP contribution >= 0.6 is 0 Å². The van der Waals surface area contributed by atoms with Gasteiger partial charge in [0.15, 0.2) is 0 Å². The summed E-state index contributed by atoms with van der Waals surface area (Å²) in [4.78, 5) is 2.80. The Morgan fingerprint density at radius 2 is 1.62 bits per heavy atom. The van der Waals surface area contributed by atoms with Crippen LogP contribution in [0.5, 0.6) is 0 Å². The van der Waals surface area contributed by atoms with E-state index in [0.717, 1.165) is 23.8 Å². The molecule has 2 heteroatoms. The van der Waals surface area contributed by atoms with Gasteiger partial charge in [-0.05, 0) is 50.6 Å². The molecule has 0 spiro atoms. The van der Waals surface area contributed by atoms with Crippen molar-refractivity contribution in [3.8, 4) is 0 Å². The zero-order valence-corrected chi connectivity index (χ0v) is 10.6. The summed E-state index contributed by atoms with van der Waals surface area (Å²) in [6.45, 7) is 7.78. The van der Waals surface area contributed by atoms with E-state index in [4.69, 9.17) is 0 Å².